The Morgan fingerprint density at radius 1 is 0.906 bits per heavy atom. The Balaban J connectivity index is 1.80. The summed E-state index contributed by atoms with van der Waals surface area (Å²) in [7, 11) is 0. The summed E-state index contributed by atoms with van der Waals surface area (Å²) >= 11 is 14.9. The SMILES string of the molecule is NC(=O)c1cccc2c1c1ccc(-c3ccc(Cl)cc3Cl)cc1n2Cc1ccc(I)cc1. The van der Waals surface area contributed by atoms with E-state index in [0.717, 1.165) is 32.9 Å². The molecule has 1 aromatic heterocycles. The Morgan fingerprint density at radius 2 is 1.69 bits per heavy atom. The second-order valence-corrected chi connectivity index (χ2v) is 9.72. The van der Waals surface area contributed by atoms with Crippen LogP contribution < -0.4 is 5.73 Å². The lowest BCUT2D eigenvalue weighted by molar-refractivity contribution is 0.100. The summed E-state index contributed by atoms with van der Waals surface area (Å²) in [4.78, 5) is 12.2. The van der Waals surface area contributed by atoms with E-state index in [-0.39, 0.29) is 0 Å². The molecule has 0 saturated carbocycles. The Bertz CT molecular complexity index is 1510. The first-order valence-electron chi connectivity index (χ1n) is 9.97. The predicted octanol–water partition coefficient (Wildman–Crippen LogP) is 7.52. The lowest BCUT2D eigenvalue weighted by Gasteiger charge is -2.10. The quantitative estimate of drug-likeness (QED) is 0.223. The van der Waals surface area contributed by atoms with E-state index in [1.54, 1.807) is 12.1 Å². The molecular weight excluding hydrogens is 554 g/mol. The van der Waals surface area contributed by atoms with Crippen LogP contribution in [0.3, 0.4) is 0 Å². The Hall–Kier alpha value is -2.54. The molecule has 1 amide bonds. The van der Waals surface area contributed by atoms with Gasteiger partial charge in [-0.2, -0.15) is 0 Å². The van der Waals surface area contributed by atoms with Crippen LogP contribution in [0.15, 0.2) is 78.9 Å². The minimum Gasteiger partial charge on any atom is -0.366 e. The molecule has 0 aliphatic heterocycles. The van der Waals surface area contributed by atoms with E-state index in [2.05, 4.69) is 57.5 Å². The zero-order chi connectivity index (χ0) is 22.4. The third kappa shape index (κ3) is 3.76. The fraction of sp³-hybridized carbons (Fsp3) is 0.0385. The van der Waals surface area contributed by atoms with Crippen molar-refractivity contribution in [3.63, 3.8) is 0 Å². The number of fused-ring (bicyclic) bond motifs is 3. The summed E-state index contributed by atoms with van der Waals surface area (Å²) in [6.45, 7) is 0.664. The molecule has 2 N–H and O–H groups in total. The molecule has 1 heterocycles. The van der Waals surface area contributed by atoms with Gasteiger partial charge in [-0.1, -0.05) is 59.6 Å². The predicted molar refractivity (Wildman–Crippen MR) is 142 cm³/mol. The fourth-order valence-electron chi connectivity index (χ4n) is 4.18. The van der Waals surface area contributed by atoms with Crippen LogP contribution in [0.1, 0.15) is 15.9 Å². The van der Waals surface area contributed by atoms with Gasteiger partial charge in [-0.25, -0.2) is 0 Å². The van der Waals surface area contributed by atoms with Crippen molar-refractivity contribution in [3.05, 3.63) is 104 Å². The molecule has 5 aromatic rings. The van der Waals surface area contributed by atoms with Crippen LogP contribution in [0.5, 0.6) is 0 Å². The minimum absolute atomic E-state index is 0.436. The summed E-state index contributed by atoms with van der Waals surface area (Å²) in [5, 5.41) is 3.04. The topological polar surface area (TPSA) is 48.0 Å². The Kier molecular flexibility index (Phi) is 5.61. The number of aromatic nitrogens is 1. The molecule has 5 rings (SSSR count). The molecule has 0 unspecified atom stereocenters. The molecule has 0 aliphatic rings. The van der Waals surface area contributed by atoms with E-state index in [9.17, 15) is 4.79 Å². The third-order valence-corrected chi connectivity index (χ3v) is 6.92. The van der Waals surface area contributed by atoms with Gasteiger partial charge in [-0.15, -0.1) is 0 Å². The summed E-state index contributed by atoms with van der Waals surface area (Å²) in [5.41, 5.74) is 11.3. The van der Waals surface area contributed by atoms with Crippen molar-refractivity contribution >= 4 is 73.5 Å². The smallest absolute Gasteiger partial charge is 0.249 e. The molecule has 0 spiro atoms. The number of primary amides is 1. The maximum Gasteiger partial charge on any atom is 0.249 e. The molecule has 32 heavy (non-hydrogen) atoms. The number of carbonyl (C=O) groups is 1. The Morgan fingerprint density at radius 3 is 2.41 bits per heavy atom. The second kappa shape index (κ2) is 8.43. The van der Waals surface area contributed by atoms with Gasteiger partial charge in [0.2, 0.25) is 5.91 Å². The first-order chi connectivity index (χ1) is 15.4. The molecule has 0 aliphatic carbocycles. The number of nitrogens with zero attached hydrogens (tertiary/aromatic N) is 1. The van der Waals surface area contributed by atoms with Crippen LogP contribution in [-0.2, 0) is 6.54 Å². The maximum atomic E-state index is 12.2. The number of halogens is 3. The van der Waals surface area contributed by atoms with Gasteiger partial charge in [0.05, 0.1) is 11.0 Å². The van der Waals surface area contributed by atoms with Crippen molar-refractivity contribution in [2.75, 3.05) is 0 Å². The normalized spacial score (nSPS) is 11.3. The highest BCUT2D eigenvalue weighted by Gasteiger charge is 2.18. The van der Waals surface area contributed by atoms with Gasteiger partial charge >= 0.3 is 0 Å². The zero-order valence-corrected chi connectivity index (χ0v) is 20.4. The average molecular weight is 571 g/mol. The van der Waals surface area contributed by atoms with Crippen molar-refractivity contribution in [2.45, 2.75) is 6.54 Å². The number of hydrogen-bond donors (Lipinski definition) is 1. The minimum atomic E-state index is -0.436. The highest BCUT2D eigenvalue weighted by molar-refractivity contribution is 14.1. The summed E-state index contributed by atoms with van der Waals surface area (Å²) in [5.74, 6) is -0.436. The first kappa shape index (κ1) is 21.3. The molecule has 6 heteroatoms. The molecule has 0 bridgehead atoms. The highest BCUT2D eigenvalue weighted by atomic mass is 127. The number of nitrogens with two attached hydrogens (primary N) is 1. The number of carbonyl (C=O) groups excluding carboxylic acids is 1. The number of benzene rings is 4. The van der Waals surface area contributed by atoms with Crippen LogP contribution in [0.25, 0.3) is 32.9 Å². The molecule has 0 fully saturated rings. The van der Waals surface area contributed by atoms with E-state index >= 15 is 0 Å². The largest absolute Gasteiger partial charge is 0.366 e. The van der Waals surface area contributed by atoms with Crippen molar-refractivity contribution in [2.24, 2.45) is 5.73 Å². The van der Waals surface area contributed by atoms with E-state index in [1.807, 2.05) is 36.4 Å². The molecule has 158 valence electrons. The van der Waals surface area contributed by atoms with Crippen LogP contribution in [0, 0.1) is 3.57 Å². The van der Waals surface area contributed by atoms with Crippen molar-refractivity contribution < 1.29 is 4.79 Å². The molecular formula is C26H17Cl2IN2O. The van der Waals surface area contributed by atoms with Gasteiger partial charge in [-0.05, 0) is 76.2 Å². The zero-order valence-electron chi connectivity index (χ0n) is 16.8. The van der Waals surface area contributed by atoms with Crippen molar-refractivity contribution in [1.82, 2.24) is 4.57 Å². The van der Waals surface area contributed by atoms with E-state index in [1.165, 1.54) is 9.13 Å². The molecule has 0 atom stereocenters. The average Bonchev–Trinajstić information content (AvgIpc) is 3.08. The number of hydrogen-bond acceptors (Lipinski definition) is 1. The maximum absolute atomic E-state index is 12.2. The third-order valence-electron chi connectivity index (χ3n) is 5.65. The van der Waals surface area contributed by atoms with Gasteiger partial charge in [0, 0.05) is 42.1 Å². The van der Waals surface area contributed by atoms with E-state index < -0.39 is 5.91 Å². The van der Waals surface area contributed by atoms with E-state index in [0.29, 0.717) is 22.2 Å². The number of rotatable bonds is 4. The molecule has 0 saturated heterocycles. The summed E-state index contributed by atoms with van der Waals surface area (Å²) < 4.78 is 3.41. The molecule has 3 nitrogen and oxygen atoms in total. The lowest BCUT2D eigenvalue weighted by Crippen LogP contribution is -2.11. The Labute approximate surface area is 208 Å². The van der Waals surface area contributed by atoms with Crippen molar-refractivity contribution in [3.8, 4) is 11.1 Å². The van der Waals surface area contributed by atoms with E-state index in [4.69, 9.17) is 28.9 Å². The van der Waals surface area contributed by atoms with Gasteiger partial charge < -0.3 is 10.3 Å². The van der Waals surface area contributed by atoms with Gasteiger partial charge in [0.1, 0.15) is 0 Å². The summed E-state index contributed by atoms with van der Waals surface area (Å²) in [6.07, 6.45) is 0. The van der Waals surface area contributed by atoms with Crippen LogP contribution >= 0.6 is 45.8 Å². The van der Waals surface area contributed by atoms with Crippen LogP contribution in [0.2, 0.25) is 10.0 Å². The van der Waals surface area contributed by atoms with Gasteiger partial charge in [-0.3, -0.25) is 4.79 Å². The summed E-state index contributed by atoms with van der Waals surface area (Å²) in [6, 6.07) is 25.8. The van der Waals surface area contributed by atoms with Crippen LogP contribution in [-0.4, -0.2) is 10.5 Å². The standard InChI is InChI=1S/C26H17Cl2IN2O/c27-17-7-11-19(22(28)13-17)16-6-10-20-24(12-16)31(14-15-4-8-18(29)9-5-15)23-3-1-2-21(25(20)23)26(30)32/h1-13H,14H2,(H2,30,32). The second-order valence-electron chi connectivity index (χ2n) is 7.63. The molecule has 4 aromatic carbocycles. The van der Waals surface area contributed by atoms with Crippen LogP contribution in [0.4, 0.5) is 0 Å². The monoisotopic (exact) mass is 570 g/mol. The lowest BCUT2D eigenvalue weighted by atomic mass is 10.0. The fourth-order valence-corrected chi connectivity index (χ4v) is 5.06. The van der Waals surface area contributed by atoms with Crippen molar-refractivity contribution in [1.29, 1.82) is 0 Å². The van der Waals surface area contributed by atoms with Gasteiger partial charge in [0.25, 0.3) is 0 Å². The van der Waals surface area contributed by atoms with Gasteiger partial charge in [0.15, 0.2) is 0 Å². The first-order valence-corrected chi connectivity index (χ1v) is 11.8. The molecule has 0 radical (unpaired) electrons. The highest BCUT2D eigenvalue weighted by Crippen LogP contribution is 2.37. The number of amides is 1.